The topological polar surface area (TPSA) is 52.5 Å². The average Bonchev–Trinajstić information content (AvgIpc) is 1.91. The van der Waals surface area contributed by atoms with Crippen molar-refractivity contribution in [2.24, 2.45) is 0 Å². The van der Waals surface area contributed by atoms with Crippen LogP contribution in [0.4, 0.5) is 0 Å². The second-order valence-corrected chi connectivity index (χ2v) is 2.43. The first-order valence-electron chi connectivity index (χ1n) is 3.72. The molecule has 0 aliphatic heterocycles. The van der Waals surface area contributed by atoms with E-state index in [-0.39, 0.29) is 12.6 Å². The Morgan fingerprint density at radius 1 is 1.50 bits per heavy atom. The van der Waals surface area contributed by atoms with Gasteiger partial charge in [0.1, 0.15) is 0 Å². The summed E-state index contributed by atoms with van der Waals surface area (Å²) in [4.78, 5) is 0. The minimum absolute atomic E-state index is 0.00231. The van der Waals surface area contributed by atoms with E-state index in [2.05, 4.69) is 5.32 Å². The number of hydrogen-bond donors (Lipinski definition) is 3. The zero-order valence-electron chi connectivity index (χ0n) is 6.67. The van der Waals surface area contributed by atoms with Crippen molar-refractivity contribution in [1.82, 2.24) is 5.32 Å². The summed E-state index contributed by atoms with van der Waals surface area (Å²) in [5.41, 5.74) is 0. The van der Waals surface area contributed by atoms with Crippen molar-refractivity contribution >= 4 is 0 Å². The van der Waals surface area contributed by atoms with E-state index in [9.17, 15) is 5.11 Å². The Kier molecular flexibility index (Phi) is 5.58. The zero-order chi connectivity index (χ0) is 7.98. The maximum absolute atomic E-state index is 9.29. The first kappa shape index (κ1) is 9.88. The Balaban J connectivity index is 3.53. The fourth-order valence-electron chi connectivity index (χ4n) is 0.902. The minimum atomic E-state index is -0.417. The van der Waals surface area contributed by atoms with Gasteiger partial charge in [-0.05, 0) is 13.5 Å². The maximum Gasteiger partial charge on any atom is 0.0715 e. The van der Waals surface area contributed by atoms with Crippen LogP contribution in [0.25, 0.3) is 0 Å². The van der Waals surface area contributed by atoms with Crippen molar-refractivity contribution < 1.29 is 10.2 Å². The number of likely N-dealkylation sites (N-methyl/N-ethyl adjacent to an activating group) is 1. The van der Waals surface area contributed by atoms with Gasteiger partial charge >= 0.3 is 0 Å². The monoisotopic (exact) mass is 147 g/mol. The van der Waals surface area contributed by atoms with Gasteiger partial charge in [-0.25, -0.2) is 0 Å². The minimum Gasteiger partial charge on any atom is -0.395 e. The van der Waals surface area contributed by atoms with Crippen LogP contribution < -0.4 is 5.32 Å². The third kappa shape index (κ3) is 3.15. The molecule has 0 amide bonds. The molecule has 0 heterocycles. The molecule has 0 fully saturated rings. The molecular formula is C7H17NO2. The van der Waals surface area contributed by atoms with Gasteiger partial charge in [0.25, 0.3) is 0 Å². The first-order chi connectivity index (χ1) is 4.76. The largest absolute Gasteiger partial charge is 0.395 e. The summed E-state index contributed by atoms with van der Waals surface area (Å²) in [5.74, 6) is 0. The summed E-state index contributed by atoms with van der Waals surface area (Å²) in [5, 5.41) is 20.8. The van der Waals surface area contributed by atoms with Crippen LogP contribution in [-0.2, 0) is 0 Å². The van der Waals surface area contributed by atoms with E-state index < -0.39 is 6.10 Å². The highest BCUT2D eigenvalue weighted by molar-refractivity contribution is 4.72. The second kappa shape index (κ2) is 5.65. The molecule has 0 aliphatic rings. The maximum atomic E-state index is 9.29. The van der Waals surface area contributed by atoms with Gasteiger partial charge in [-0.2, -0.15) is 0 Å². The van der Waals surface area contributed by atoms with Gasteiger partial charge in [-0.1, -0.05) is 13.3 Å². The molecule has 0 saturated carbocycles. The normalized spacial score (nSPS) is 16.8. The third-order valence-corrected chi connectivity index (χ3v) is 1.62. The molecule has 0 aliphatic carbocycles. The standard InChI is InChI=1S/C7H17NO2/c1-3-4-7(10)6(5-9)8-2/h6-10H,3-5H2,1-2H3/t6-,7+/m1/s1. The summed E-state index contributed by atoms with van der Waals surface area (Å²) < 4.78 is 0. The summed E-state index contributed by atoms with van der Waals surface area (Å²) in [6.45, 7) is 2.00. The van der Waals surface area contributed by atoms with Gasteiger partial charge in [-0.15, -0.1) is 0 Å². The molecule has 0 rings (SSSR count). The Morgan fingerprint density at radius 2 is 2.10 bits per heavy atom. The summed E-state index contributed by atoms with van der Waals surface area (Å²) in [7, 11) is 1.74. The highest BCUT2D eigenvalue weighted by Crippen LogP contribution is 2.00. The predicted molar refractivity (Wildman–Crippen MR) is 40.8 cm³/mol. The quantitative estimate of drug-likeness (QED) is 0.501. The van der Waals surface area contributed by atoms with Gasteiger partial charge in [0.2, 0.25) is 0 Å². The van der Waals surface area contributed by atoms with E-state index in [4.69, 9.17) is 5.11 Å². The molecule has 0 bridgehead atoms. The van der Waals surface area contributed by atoms with Crippen molar-refractivity contribution in [3.8, 4) is 0 Å². The van der Waals surface area contributed by atoms with Crippen LogP contribution in [0.1, 0.15) is 19.8 Å². The van der Waals surface area contributed by atoms with E-state index in [1.807, 2.05) is 6.92 Å². The molecule has 0 aromatic heterocycles. The molecule has 3 nitrogen and oxygen atoms in total. The molecule has 0 spiro atoms. The smallest absolute Gasteiger partial charge is 0.0715 e. The van der Waals surface area contributed by atoms with Crippen LogP contribution in [0.2, 0.25) is 0 Å². The van der Waals surface area contributed by atoms with Crippen molar-refractivity contribution in [2.75, 3.05) is 13.7 Å². The Bertz CT molecular complexity index is 74.0. The highest BCUT2D eigenvalue weighted by atomic mass is 16.3. The summed E-state index contributed by atoms with van der Waals surface area (Å²) in [6.07, 6.45) is 1.27. The van der Waals surface area contributed by atoms with Crippen LogP contribution >= 0.6 is 0 Å². The Labute approximate surface area is 62.1 Å². The SMILES string of the molecule is CCC[C@H](O)[C@@H](CO)NC. The Morgan fingerprint density at radius 3 is 2.40 bits per heavy atom. The molecule has 0 radical (unpaired) electrons. The van der Waals surface area contributed by atoms with Crippen molar-refractivity contribution in [2.45, 2.75) is 31.9 Å². The Hall–Kier alpha value is -0.120. The predicted octanol–water partition coefficient (Wildman–Crippen LogP) is -0.272. The molecule has 62 valence electrons. The van der Waals surface area contributed by atoms with Crippen LogP contribution in [-0.4, -0.2) is 36.0 Å². The molecule has 3 N–H and O–H groups in total. The number of hydrogen-bond acceptors (Lipinski definition) is 3. The molecule has 0 unspecified atom stereocenters. The average molecular weight is 147 g/mol. The number of aliphatic hydroxyl groups excluding tert-OH is 2. The van der Waals surface area contributed by atoms with E-state index >= 15 is 0 Å². The van der Waals surface area contributed by atoms with E-state index in [1.54, 1.807) is 7.05 Å². The fraction of sp³-hybridized carbons (Fsp3) is 1.00. The van der Waals surface area contributed by atoms with Crippen LogP contribution in [0, 0.1) is 0 Å². The molecule has 0 aromatic rings. The van der Waals surface area contributed by atoms with Gasteiger partial charge in [0.15, 0.2) is 0 Å². The third-order valence-electron chi connectivity index (χ3n) is 1.62. The van der Waals surface area contributed by atoms with Gasteiger partial charge in [0.05, 0.1) is 18.8 Å². The molecule has 0 aromatic carbocycles. The van der Waals surface area contributed by atoms with Crippen molar-refractivity contribution in [1.29, 1.82) is 0 Å². The van der Waals surface area contributed by atoms with Crippen LogP contribution in [0.15, 0.2) is 0 Å². The highest BCUT2D eigenvalue weighted by Gasteiger charge is 2.14. The van der Waals surface area contributed by atoms with E-state index in [0.29, 0.717) is 0 Å². The van der Waals surface area contributed by atoms with E-state index in [1.165, 1.54) is 0 Å². The molecule has 10 heavy (non-hydrogen) atoms. The number of aliphatic hydroxyl groups is 2. The lowest BCUT2D eigenvalue weighted by Gasteiger charge is -2.19. The molecular weight excluding hydrogens is 130 g/mol. The van der Waals surface area contributed by atoms with E-state index in [0.717, 1.165) is 12.8 Å². The zero-order valence-corrected chi connectivity index (χ0v) is 6.67. The molecule has 0 saturated heterocycles. The first-order valence-corrected chi connectivity index (χ1v) is 3.72. The second-order valence-electron chi connectivity index (χ2n) is 2.43. The van der Waals surface area contributed by atoms with Gasteiger partial charge in [-0.3, -0.25) is 0 Å². The van der Waals surface area contributed by atoms with Crippen molar-refractivity contribution in [3.05, 3.63) is 0 Å². The number of rotatable bonds is 5. The molecule has 3 heteroatoms. The van der Waals surface area contributed by atoms with Crippen LogP contribution in [0.3, 0.4) is 0 Å². The lowest BCUT2D eigenvalue weighted by molar-refractivity contribution is 0.0867. The molecule has 2 atom stereocenters. The summed E-state index contributed by atoms with van der Waals surface area (Å²) in [6, 6.07) is -0.167. The number of nitrogens with one attached hydrogen (secondary N) is 1. The van der Waals surface area contributed by atoms with Gasteiger partial charge in [0, 0.05) is 0 Å². The lowest BCUT2D eigenvalue weighted by Crippen LogP contribution is -2.40. The van der Waals surface area contributed by atoms with Gasteiger partial charge < -0.3 is 15.5 Å². The fourth-order valence-corrected chi connectivity index (χ4v) is 0.902. The van der Waals surface area contributed by atoms with Crippen LogP contribution in [0.5, 0.6) is 0 Å². The lowest BCUT2D eigenvalue weighted by atomic mass is 10.1. The van der Waals surface area contributed by atoms with Crippen molar-refractivity contribution in [3.63, 3.8) is 0 Å². The summed E-state index contributed by atoms with van der Waals surface area (Å²) >= 11 is 0.